The number of aryl methyl sites for hydroxylation is 1. The summed E-state index contributed by atoms with van der Waals surface area (Å²) in [6.07, 6.45) is 1.22. The second-order valence-corrected chi connectivity index (χ2v) is 5.63. The molecule has 0 aliphatic carbocycles. The van der Waals surface area contributed by atoms with Crippen molar-refractivity contribution in [3.8, 4) is 11.5 Å². The normalized spacial score (nSPS) is 13.7. The summed E-state index contributed by atoms with van der Waals surface area (Å²) < 4.78 is 0. The molecule has 0 fully saturated rings. The Bertz CT molecular complexity index is 583. The van der Waals surface area contributed by atoms with E-state index in [0.29, 0.717) is 12.1 Å². The van der Waals surface area contributed by atoms with E-state index < -0.39 is 6.10 Å². The average Bonchev–Trinajstić information content (AvgIpc) is 2.52. The molecule has 2 atom stereocenters. The molecule has 2 aromatic rings. The largest absolute Gasteiger partial charge is 0.508 e. The van der Waals surface area contributed by atoms with E-state index in [0.717, 1.165) is 12.8 Å². The number of aromatic hydroxyl groups is 2. The minimum absolute atomic E-state index is 0.164. The molecule has 0 bridgehead atoms. The molecule has 22 heavy (non-hydrogen) atoms. The van der Waals surface area contributed by atoms with Crippen molar-refractivity contribution in [2.45, 2.75) is 31.9 Å². The minimum Gasteiger partial charge on any atom is -0.508 e. The zero-order chi connectivity index (χ0) is 15.9. The molecule has 0 amide bonds. The van der Waals surface area contributed by atoms with Crippen molar-refractivity contribution in [3.63, 3.8) is 0 Å². The number of benzene rings is 2. The summed E-state index contributed by atoms with van der Waals surface area (Å²) in [5, 5.41) is 32.1. The molecule has 0 saturated carbocycles. The highest BCUT2D eigenvalue weighted by atomic mass is 16.3. The molecule has 4 nitrogen and oxygen atoms in total. The van der Waals surface area contributed by atoms with Gasteiger partial charge in [0.1, 0.15) is 11.5 Å². The number of hydrogen-bond donors (Lipinski definition) is 4. The van der Waals surface area contributed by atoms with Crippen molar-refractivity contribution >= 4 is 0 Å². The number of phenolic OH excluding ortho intramolecular Hbond substituents is 2. The molecule has 0 radical (unpaired) electrons. The van der Waals surface area contributed by atoms with Gasteiger partial charge < -0.3 is 20.6 Å². The Balaban J connectivity index is 1.75. The van der Waals surface area contributed by atoms with Crippen LogP contribution in [0.3, 0.4) is 0 Å². The summed E-state index contributed by atoms with van der Waals surface area (Å²) in [6.45, 7) is 2.52. The van der Waals surface area contributed by atoms with Gasteiger partial charge >= 0.3 is 0 Å². The summed E-state index contributed by atoms with van der Waals surface area (Å²) in [6, 6.07) is 14.2. The number of aliphatic hydroxyl groups is 1. The highest BCUT2D eigenvalue weighted by Gasteiger charge is 2.10. The molecular formula is C18H23NO3. The van der Waals surface area contributed by atoms with Crippen LogP contribution in [0.4, 0.5) is 0 Å². The Hall–Kier alpha value is -2.04. The van der Waals surface area contributed by atoms with Gasteiger partial charge in [-0.25, -0.2) is 0 Å². The lowest BCUT2D eigenvalue weighted by Crippen LogP contribution is -2.30. The predicted molar refractivity (Wildman–Crippen MR) is 87.0 cm³/mol. The first-order valence-corrected chi connectivity index (χ1v) is 7.53. The first-order chi connectivity index (χ1) is 10.5. The highest BCUT2D eigenvalue weighted by Crippen LogP contribution is 2.18. The van der Waals surface area contributed by atoms with Crippen LogP contribution < -0.4 is 5.32 Å². The van der Waals surface area contributed by atoms with Crippen molar-refractivity contribution in [3.05, 3.63) is 59.7 Å². The average molecular weight is 301 g/mol. The first kappa shape index (κ1) is 16.3. The standard InChI is InChI=1S/C18H23NO3/c1-13(5-6-14-7-9-16(20)10-8-14)19-12-18(22)15-3-2-4-17(21)11-15/h2-4,7-11,13,18-22H,5-6,12H2,1H3. The van der Waals surface area contributed by atoms with E-state index in [1.165, 1.54) is 5.56 Å². The van der Waals surface area contributed by atoms with Crippen molar-refractivity contribution in [2.24, 2.45) is 0 Å². The van der Waals surface area contributed by atoms with E-state index in [1.807, 2.05) is 12.1 Å². The van der Waals surface area contributed by atoms with Crippen LogP contribution >= 0.6 is 0 Å². The summed E-state index contributed by atoms with van der Waals surface area (Å²) in [4.78, 5) is 0. The summed E-state index contributed by atoms with van der Waals surface area (Å²) in [5.74, 6) is 0.445. The molecule has 118 valence electrons. The van der Waals surface area contributed by atoms with E-state index in [4.69, 9.17) is 0 Å². The Morgan fingerprint density at radius 1 is 1.00 bits per heavy atom. The lowest BCUT2D eigenvalue weighted by Gasteiger charge is -2.17. The number of nitrogens with one attached hydrogen (secondary N) is 1. The molecule has 0 aliphatic heterocycles. The quantitative estimate of drug-likeness (QED) is 0.634. The molecule has 2 unspecified atom stereocenters. The van der Waals surface area contributed by atoms with Gasteiger partial charge in [0.05, 0.1) is 6.10 Å². The molecule has 0 aliphatic rings. The lowest BCUT2D eigenvalue weighted by atomic mass is 10.1. The summed E-state index contributed by atoms with van der Waals surface area (Å²) in [7, 11) is 0. The Kier molecular flexibility index (Phi) is 5.81. The van der Waals surface area contributed by atoms with Gasteiger partial charge in [-0.1, -0.05) is 24.3 Å². The van der Waals surface area contributed by atoms with Crippen LogP contribution in [0.1, 0.15) is 30.6 Å². The zero-order valence-electron chi connectivity index (χ0n) is 12.7. The van der Waals surface area contributed by atoms with Gasteiger partial charge in [-0.05, 0) is 55.2 Å². The maximum Gasteiger partial charge on any atom is 0.115 e. The number of hydrogen-bond acceptors (Lipinski definition) is 4. The molecule has 0 saturated heterocycles. The Labute approximate surface area is 131 Å². The van der Waals surface area contributed by atoms with Crippen LogP contribution in [-0.2, 0) is 6.42 Å². The smallest absolute Gasteiger partial charge is 0.115 e. The van der Waals surface area contributed by atoms with Crippen molar-refractivity contribution in [1.29, 1.82) is 0 Å². The van der Waals surface area contributed by atoms with E-state index in [-0.39, 0.29) is 17.5 Å². The fourth-order valence-electron chi connectivity index (χ4n) is 2.31. The number of rotatable bonds is 7. The van der Waals surface area contributed by atoms with Gasteiger partial charge in [0, 0.05) is 12.6 Å². The monoisotopic (exact) mass is 301 g/mol. The van der Waals surface area contributed by atoms with Crippen LogP contribution in [0.25, 0.3) is 0 Å². The predicted octanol–water partition coefficient (Wildman–Crippen LogP) is 2.74. The van der Waals surface area contributed by atoms with Crippen LogP contribution in [0.15, 0.2) is 48.5 Å². The molecule has 0 spiro atoms. The van der Waals surface area contributed by atoms with Crippen molar-refractivity contribution in [1.82, 2.24) is 5.32 Å². The highest BCUT2D eigenvalue weighted by molar-refractivity contribution is 5.28. The Morgan fingerprint density at radius 2 is 1.73 bits per heavy atom. The van der Waals surface area contributed by atoms with E-state index in [2.05, 4.69) is 12.2 Å². The van der Waals surface area contributed by atoms with Gasteiger partial charge in [0.2, 0.25) is 0 Å². The third kappa shape index (κ3) is 5.06. The molecule has 4 N–H and O–H groups in total. The number of aliphatic hydroxyl groups excluding tert-OH is 1. The fraction of sp³-hybridized carbons (Fsp3) is 0.333. The van der Waals surface area contributed by atoms with Crippen LogP contribution in [0.5, 0.6) is 11.5 Å². The van der Waals surface area contributed by atoms with Gasteiger partial charge in [-0.3, -0.25) is 0 Å². The molecule has 2 rings (SSSR count). The van der Waals surface area contributed by atoms with Gasteiger partial charge in [0.25, 0.3) is 0 Å². The summed E-state index contributed by atoms with van der Waals surface area (Å²) in [5.41, 5.74) is 1.89. The number of phenols is 2. The van der Waals surface area contributed by atoms with Gasteiger partial charge in [-0.15, -0.1) is 0 Å². The maximum atomic E-state index is 10.1. The summed E-state index contributed by atoms with van der Waals surface area (Å²) >= 11 is 0. The molecule has 4 heteroatoms. The van der Waals surface area contributed by atoms with Crippen molar-refractivity contribution in [2.75, 3.05) is 6.54 Å². The van der Waals surface area contributed by atoms with Gasteiger partial charge in [-0.2, -0.15) is 0 Å². The fourth-order valence-corrected chi connectivity index (χ4v) is 2.31. The van der Waals surface area contributed by atoms with Crippen molar-refractivity contribution < 1.29 is 15.3 Å². The molecule has 0 aromatic heterocycles. The van der Waals surface area contributed by atoms with Crippen LogP contribution in [0, 0.1) is 0 Å². The van der Waals surface area contributed by atoms with E-state index in [9.17, 15) is 15.3 Å². The topological polar surface area (TPSA) is 72.7 Å². The third-order valence-corrected chi connectivity index (χ3v) is 3.72. The second kappa shape index (κ2) is 7.82. The Morgan fingerprint density at radius 3 is 2.41 bits per heavy atom. The molecule has 0 heterocycles. The van der Waals surface area contributed by atoms with E-state index >= 15 is 0 Å². The minimum atomic E-state index is -0.636. The lowest BCUT2D eigenvalue weighted by molar-refractivity contribution is 0.169. The van der Waals surface area contributed by atoms with Crippen LogP contribution in [-0.4, -0.2) is 27.9 Å². The third-order valence-electron chi connectivity index (χ3n) is 3.72. The first-order valence-electron chi connectivity index (χ1n) is 7.53. The van der Waals surface area contributed by atoms with Gasteiger partial charge in [0.15, 0.2) is 0 Å². The van der Waals surface area contributed by atoms with Crippen LogP contribution in [0.2, 0.25) is 0 Å². The zero-order valence-corrected chi connectivity index (χ0v) is 12.7. The second-order valence-electron chi connectivity index (χ2n) is 5.63. The van der Waals surface area contributed by atoms with E-state index in [1.54, 1.807) is 36.4 Å². The molecule has 2 aromatic carbocycles. The molecular weight excluding hydrogens is 278 g/mol. The SMILES string of the molecule is CC(CCc1ccc(O)cc1)NCC(O)c1cccc(O)c1. The maximum absolute atomic E-state index is 10.1.